The lowest BCUT2D eigenvalue weighted by molar-refractivity contribution is 0.0167. The van der Waals surface area contributed by atoms with Gasteiger partial charge in [-0.3, -0.25) is 0 Å². The van der Waals surface area contributed by atoms with E-state index in [0.717, 1.165) is 23.9 Å². The van der Waals surface area contributed by atoms with E-state index in [0.29, 0.717) is 5.56 Å². The summed E-state index contributed by atoms with van der Waals surface area (Å²) in [6, 6.07) is 20.0. The van der Waals surface area contributed by atoms with Gasteiger partial charge < -0.3 is 9.31 Å². The lowest BCUT2D eigenvalue weighted by Crippen LogP contribution is -2.45. The Hall–Kier alpha value is -2.09. The van der Waals surface area contributed by atoms with Crippen LogP contribution in [0.3, 0.4) is 0 Å². The number of hydrogen-bond acceptors (Lipinski definition) is 3. The summed E-state index contributed by atoms with van der Waals surface area (Å²) in [6.07, 6.45) is 5.75. The molecule has 0 aliphatic carbocycles. The molecule has 0 saturated carbocycles. The normalized spacial score (nSPS) is 20.2. The molecule has 1 saturated heterocycles. The molecule has 3 rings (SSSR count). The van der Waals surface area contributed by atoms with E-state index in [2.05, 4.69) is 25.1 Å². The summed E-state index contributed by atoms with van der Waals surface area (Å²) in [5.74, 6) is 0. The minimum absolute atomic E-state index is 0.00155. The molecule has 3 nitrogen and oxygen atoms in total. The molecule has 0 spiro atoms. The number of benzene rings is 2. The minimum Gasteiger partial charge on any atom is -0.404 e. The summed E-state index contributed by atoms with van der Waals surface area (Å²) in [6.45, 7) is 2.22. The van der Waals surface area contributed by atoms with E-state index in [1.54, 1.807) is 0 Å². The van der Waals surface area contributed by atoms with Crippen LogP contribution in [0.5, 0.6) is 0 Å². The van der Waals surface area contributed by atoms with Gasteiger partial charge in [-0.15, -0.1) is 0 Å². The van der Waals surface area contributed by atoms with Crippen LogP contribution in [0.15, 0.2) is 54.6 Å². The van der Waals surface area contributed by atoms with E-state index in [1.165, 1.54) is 19.3 Å². The van der Waals surface area contributed by atoms with Crippen LogP contribution >= 0.6 is 0 Å². The molecule has 1 aliphatic heterocycles. The van der Waals surface area contributed by atoms with Crippen LogP contribution in [0.1, 0.15) is 56.3 Å². The zero-order valence-electron chi connectivity index (χ0n) is 14.7. The van der Waals surface area contributed by atoms with Crippen molar-refractivity contribution in [3.63, 3.8) is 0 Å². The topological polar surface area (TPSA) is 42.2 Å². The Morgan fingerprint density at radius 1 is 1.04 bits per heavy atom. The summed E-state index contributed by atoms with van der Waals surface area (Å²) in [7, 11) is -0.331. The number of nitriles is 1. The Balaban J connectivity index is 1.77. The third-order valence-corrected chi connectivity index (χ3v) is 4.69. The summed E-state index contributed by atoms with van der Waals surface area (Å²) in [5.41, 5.74) is 2.85. The van der Waals surface area contributed by atoms with E-state index >= 15 is 0 Å². The Morgan fingerprint density at radius 3 is 2.48 bits per heavy atom. The smallest absolute Gasteiger partial charge is 0.404 e. The Kier molecular flexibility index (Phi) is 6.27. The molecule has 2 aromatic carbocycles. The van der Waals surface area contributed by atoms with Gasteiger partial charge in [0, 0.05) is 12.5 Å². The molecule has 2 aromatic rings. The van der Waals surface area contributed by atoms with Gasteiger partial charge in [0.25, 0.3) is 0 Å². The summed E-state index contributed by atoms with van der Waals surface area (Å²) in [5, 5.41) is 8.99. The van der Waals surface area contributed by atoms with Gasteiger partial charge in [0.15, 0.2) is 0 Å². The van der Waals surface area contributed by atoms with E-state index in [9.17, 15) is 0 Å². The molecular weight excluding hydrogens is 309 g/mol. The van der Waals surface area contributed by atoms with Crippen molar-refractivity contribution < 1.29 is 9.31 Å². The molecule has 4 heteroatoms. The standard InChI is InChI=1S/C21H24BNO2/c1-2-3-5-10-20-15-21(18-13-11-17(16-23)12-14-18)25-22(24-20)19-8-6-4-7-9-19/h4,6-9,11-14,20-21H,2-3,5,10,15H2,1H3/t20-,21-/m1/s1. The van der Waals surface area contributed by atoms with E-state index in [-0.39, 0.29) is 19.3 Å². The molecule has 0 N–H and O–H groups in total. The SMILES string of the molecule is CCCCC[C@@H]1C[C@H](c2ccc(C#N)cc2)OB(c2ccccc2)O1. The molecule has 1 heterocycles. The largest absolute Gasteiger partial charge is 0.494 e. The Bertz CT molecular complexity index is 696. The highest BCUT2D eigenvalue weighted by Gasteiger charge is 2.35. The van der Waals surface area contributed by atoms with Crippen molar-refractivity contribution in [1.82, 2.24) is 0 Å². The quantitative estimate of drug-likeness (QED) is 0.582. The number of nitrogens with zero attached hydrogens (tertiary/aromatic N) is 1. The molecule has 2 atom stereocenters. The average Bonchev–Trinajstić information content (AvgIpc) is 2.69. The van der Waals surface area contributed by atoms with E-state index in [4.69, 9.17) is 14.6 Å². The second kappa shape index (κ2) is 8.85. The molecule has 0 bridgehead atoms. The maximum Gasteiger partial charge on any atom is 0.494 e. The molecule has 0 unspecified atom stereocenters. The first-order chi connectivity index (χ1) is 12.3. The summed E-state index contributed by atoms with van der Waals surface area (Å²) >= 11 is 0. The highest BCUT2D eigenvalue weighted by Crippen LogP contribution is 2.31. The van der Waals surface area contributed by atoms with Gasteiger partial charge in [-0.2, -0.15) is 5.26 Å². The number of hydrogen-bond donors (Lipinski definition) is 0. The zero-order chi connectivity index (χ0) is 17.5. The van der Waals surface area contributed by atoms with Crippen LogP contribution in [-0.4, -0.2) is 13.2 Å². The number of rotatable bonds is 6. The van der Waals surface area contributed by atoms with Crippen LogP contribution in [-0.2, 0) is 9.31 Å². The molecule has 25 heavy (non-hydrogen) atoms. The van der Waals surface area contributed by atoms with Crippen molar-refractivity contribution in [3.05, 3.63) is 65.7 Å². The van der Waals surface area contributed by atoms with Gasteiger partial charge in [-0.1, -0.05) is 68.7 Å². The van der Waals surface area contributed by atoms with Crippen molar-refractivity contribution in [2.24, 2.45) is 0 Å². The minimum atomic E-state index is -0.331. The fourth-order valence-electron chi connectivity index (χ4n) is 3.27. The summed E-state index contributed by atoms with van der Waals surface area (Å²) in [4.78, 5) is 0. The van der Waals surface area contributed by atoms with Crippen molar-refractivity contribution >= 4 is 12.6 Å². The van der Waals surface area contributed by atoms with Crippen molar-refractivity contribution in [1.29, 1.82) is 5.26 Å². The lowest BCUT2D eigenvalue weighted by Gasteiger charge is -2.35. The highest BCUT2D eigenvalue weighted by molar-refractivity contribution is 6.61. The Labute approximate surface area is 150 Å². The zero-order valence-corrected chi connectivity index (χ0v) is 14.7. The van der Waals surface area contributed by atoms with Crippen LogP contribution in [0.2, 0.25) is 0 Å². The van der Waals surface area contributed by atoms with Crippen molar-refractivity contribution in [2.75, 3.05) is 0 Å². The van der Waals surface area contributed by atoms with Crippen LogP contribution < -0.4 is 5.46 Å². The van der Waals surface area contributed by atoms with E-state index < -0.39 is 0 Å². The summed E-state index contributed by atoms with van der Waals surface area (Å²) < 4.78 is 12.5. The first-order valence-electron chi connectivity index (χ1n) is 9.16. The third kappa shape index (κ3) is 4.72. The second-order valence-electron chi connectivity index (χ2n) is 6.59. The molecule has 1 fully saturated rings. The predicted octanol–water partition coefficient (Wildman–Crippen LogP) is 4.38. The van der Waals surface area contributed by atoms with E-state index in [1.807, 2.05) is 42.5 Å². The first-order valence-corrected chi connectivity index (χ1v) is 9.16. The molecular formula is C21H24BNO2. The Morgan fingerprint density at radius 2 is 1.80 bits per heavy atom. The molecule has 0 aromatic heterocycles. The van der Waals surface area contributed by atoms with Crippen LogP contribution in [0.25, 0.3) is 0 Å². The average molecular weight is 333 g/mol. The second-order valence-corrected chi connectivity index (χ2v) is 6.59. The van der Waals surface area contributed by atoms with Crippen molar-refractivity contribution in [3.8, 4) is 6.07 Å². The molecule has 0 amide bonds. The van der Waals surface area contributed by atoms with Gasteiger partial charge in [-0.05, 0) is 29.6 Å². The predicted molar refractivity (Wildman–Crippen MR) is 100 cm³/mol. The van der Waals surface area contributed by atoms with Crippen molar-refractivity contribution in [2.45, 2.75) is 51.2 Å². The third-order valence-electron chi connectivity index (χ3n) is 4.69. The van der Waals surface area contributed by atoms with Crippen LogP contribution in [0, 0.1) is 11.3 Å². The lowest BCUT2D eigenvalue weighted by atomic mass is 9.75. The van der Waals surface area contributed by atoms with Gasteiger partial charge >= 0.3 is 7.12 Å². The maximum absolute atomic E-state index is 8.99. The molecule has 0 radical (unpaired) electrons. The van der Waals surface area contributed by atoms with Gasteiger partial charge in [0.2, 0.25) is 0 Å². The van der Waals surface area contributed by atoms with Gasteiger partial charge in [0.05, 0.1) is 17.7 Å². The maximum atomic E-state index is 8.99. The fraction of sp³-hybridized carbons (Fsp3) is 0.381. The molecule has 1 aliphatic rings. The fourth-order valence-corrected chi connectivity index (χ4v) is 3.27. The first kappa shape index (κ1) is 17.7. The highest BCUT2D eigenvalue weighted by atomic mass is 16.6. The van der Waals surface area contributed by atoms with Gasteiger partial charge in [0.1, 0.15) is 0 Å². The number of unbranched alkanes of at least 4 members (excludes halogenated alkanes) is 2. The monoisotopic (exact) mass is 333 g/mol. The molecule has 128 valence electrons. The van der Waals surface area contributed by atoms with Crippen LogP contribution in [0.4, 0.5) is 0 Å². The van der Waals surface area contributed by atoms with Gasteiger partial charge in [-0.25, -0.2) is 0 Å².